The molecule has 2 amide bonds. The normalized spacial score (nSPS) is 15.2. The van der Waals surface area contributed by atoms with Crippen molar-refractivity contribution in [2.24, 2.45) is 0 Å². The van der Waals surface area contributed by atoms with Crippen LogP contribution in [-0.4, -0.2) is 29.2 Å². The third kappa shape index (κ3) is 2.95. The van der Waals surface area contributed by atoms with Gasteiger partial charge in [0.2, 0.25) is 0 Å². The Balaban J connectivity index is 2.02. The van der Waals surface area contributed by atoms with Crippen molar-refractivity contribution in [1.29, 1.82) is 0 Å². The zero-order valence-electron chi connectivity index (χ0n) is 9.67. The maximum absolute atomic E-state index is 11.8. The Morgan fingerprint density at radius 3 is 2.94 bits per heavy atom. The molecule has 96 valence electrons. The number of carbonyl (C=O) groups excluding carboxylic acids is 1. The number of anilines is 1. The van der Waals surface area contributed by atoms with Crippen LogP contribution in [-0.2, 0) is 4.84 Å². The second kappa shape index (κ2) is 5.46. The van der Waals surface area contributed by atoms with Gasteiger partial charge >= 0.3 is 6.03 Å². The van der Waals surface area contributed by atoms with E-state index in [2.05, 4.69) is 5.32 Å². The van der Waals surface area contributed by atoms with Crippen molar-refractivity contribution in [2.75, 3.05) is 18.5 Å². The molecular weight excluding hydrogens is 238 g/mol. The number of hydroxylamine groups is 2. The number of nitrogens with one attached hydrogen (secondary N) is 1. The van der Waals surface area contributed by atoms with Crippen LogP contribution >= 0.6 is 0 Å². The highest BCUT2D eigenvalue weighted by Crippen LogP contribution is 2.18. The lowest BCUT2D eigenvalue weighted by atomic mass is 10.3. The molecule has 1 aromatic rings. The molecule has 18 heavy (non-hydrogen) atoms. The van der Waals surface area contributed by atoms with E-state index in [1.165, 1.54) is 23.3 Å². The number of nitro benzene ring substituents is 1. The molecule has 0 unspecified atom stereocenters. The SMILES string of the molecule is O=C(Nc1cccc([N+](=O)[O-])c1)N1CCCCO1. The first-order chi connectivity index (χ1) is 8.66. The van der Waals surface area contributed by atoms with E-state index in [4.69, 9.17) is 4.84 Å². The van der Waals surface area contributed by atoms with E-state index in [0.717, 1.165) is 12.8 Å². The predicted molar refractivity (Wildman–Crippen MR) is 64.0 cm³/mol. The fraction of sp³-hybridized carbons (Fsp3) is 0.364. The first-order valence-electron chi connectivity index (χ1n) is 5.63. The molecule has 1 aromatic carbocycles. The van der Waals surface area contributed by atoms with Gasteiger partial charge in [0, 0.05) is 17.8 Å². The van der Waals surface area contributed by atoms with Crippen molar-refractivity contribution in [3.8, 4) is 0 Å². The molecule has 0 aliphatic carbocycles. The summed E-state index contributed by atoms with van der Waals surface area (Å²) in [5.74, 6) is 0. The van der Waals surface area contributed by atoms with Crippen molar-refractivity contribution < 1.29 is 14.6 Å². The number of urea groups is 1. The first-order valence-corrected chi connectivity index (χ1v) is 5.63. The number of nitrogens with zero attached hydrogens (tertiary/aromatic N) is 2. The van der Waals surface area contributed by atoms with E-state index in [9.17, 15) is 14.9 Å². The standard InChI is InChI=1S/C11H13N3O4/c15-11(13-6-1-2-7-18-13)12-9-4-3-5-10(8-9)14(16)17/h3-5,8H,1-2,6-7H2,(H,12,15). The average molecular weight is 251 g/mol. The van der Waals surface area contributed by atoms with Crippen LogP contribution in [0.25, 0.3) is 0 Å². The maximum atomic E-state index is 11.8. The summed E-state index contributed by atoms with van der Waals surface area (Å²) in [6.07, 6.45) is 1.82. The number of hydrogen-bond donors (Lipinski definition) is 1. The van der Waals surface area contributed by atoms with Crippen LogP contribution in [0.1, 0.15) is 12.8 Å². The molecule has 0 spiro atoms. The third-order valence-corrected chi connectivity index (χ3v) is 2.54. The van der Waals surface area contributed by atoms with E-state index >= 15 is 0 Å². The number of carbonyl (C=O) groups is 1. The van der Waals surface area contributed by atoms with E-state index in [1.807, 2.05) is 0 Å². The minimum Gasteiger partial charge on any atom is -0.306 e. The topological polar surface area (TPSA) is 84.7 Å². The fourth-order valence-corrected chi connectivity index (χ4v) is 1.64. The van der Waals surface area contributed by atoms with Crippen LogP contribution in [0, 0.1) is 10.1 Å². The zero-order valence-corrected chi connectivity index (χ0v) is 9.67. The van der Waals surface area contributed by atoms with Crippen LogP contribution in [0.4, 0.5) is 16.2 Å². The molecule has 1 fully saturated rings. The minimum atomic E-state index is -0.507. The summed E-state index contributed by atoms with van der Waals surface area (Å²) >= 11 is 0. The molecule has 0 saturated carbocycles. The number of rotatable bonds is 2. The smallest absolute Gasteiger partial charge is 0.306 e. The average Bonchev–Trinajstić information content (AvgIpc) is 2.40. The lowest BCUT2D eigenvalue weighted by Crippen LogP contribution is -2.38. The zero-order chi connectivity index (χ0) is 13.0. The number of hydrogen-bond acceptors (Lipinski definition) is 4. The summed E-state index contributed by atoms with van der Waals surface area (Å²) < 4.78 is 0. The van der Waals surface area contributed by atoms with E-state index in [0.29, 0.717) is 18.8 Å². The number of non-ortho nitro benzene ring substituents is 1. The Morgan fingerprint density at radius 2 is 2.28 bits per heavy atom. The van der Waals surface area contributed by atoms with Crippen LogP contribution in [0.2, 0.25) is 0 Å². The predicted octanol–water partition coefficient (Wildman–Crippen LogP) is 2.15. The van der Waals surface area contributed by atoms with Gasteiger partial charge in [-0.1, -0.05) is 6.07 Å². The summed E-state index contributed by atoms with van der Waals surface area (Å²) in [6.45, 7) is 1.04. The number of benzene rings is 1. The summed E-state index contributed by atoms with van der Waals surface area (Å²) in [4.78, 5) is 27.0. The van der Waals surface area contributed by atoms with Gasteiger partial charge in [-0.15, -0.1) is 0 Å². The molecule has 2 rings (SSSR count). The Kier molecular flexibility index (Phi) is 3.73. The molecule has 0 bridgehead atoms. The Morgan fingerprint density at radius 1 is 1.44 bits per heavy atom. The molecular formula is C11H13N3O4. The fourth-order valence-electron chi connectivity index (χ4n) is 1.64. The Hall–Kier alpha value is -2.15. The van der Waals surface area contributed by atoms with Gasteiger partial charge in [-0.25, -0.2) is 9.86 Å². The van der Waals surface area contributed by atoms with Crippen LogP contribution in [0.5, 0.6) is 0 Å². The molecule has 7 heteroatoms. The molecule has 0 radical (unpaired) electrons. The Labute approximate surface area is 103 Å². The van der Waals surface area contributed by atoms with E-state index in [-0.39, 0.29) is 5.69 Å². The highest BCUT2D eigenvalue weighted by atomic mass is 16.7. The number of amides is 2. The van der Waals surface area contributed by atoms with Gasteiger partial charge in [-0.05, 0) is 18.9 Å². The molecule has 1 heterocycles. The van der Waals surface area contributed by atoms with E-state index in [1.54, 1.807) is 6.07 Å². The molecule has 1 aliphatic rings. The van der Waals surface area contributed by atoms with Crippen molar-refractivity contribution in [2.45, 2.75) is 12.8 Å². The van der Waals surface area contributed by atoms with Gasteiger partial charge in [0.1, 0.15) is 0 Å². The molecule has 7 nitrogen and oxygen atoms in total. The third-order valence-electron chi connectivity index (χ3n) is 2.54. The molecule has 1 N–H and O–H groups in total. The summed E-state index contributed by atoms with van der Waals surface area (Å²) in [5.41, 5.74) is 0.315. The van der Waals surface area contributed by atoms with Crippen molar-refractivity contribution in [1.82, 2.24) is 5.06 Å². The lowest BCUT2D eigenvalue weighted by molar-refractivity contribution is -0.384. The van der Waals surface area contributed by atoms with Crippen LogP contribution in [0.3, 0.4) is 0 Å². The molecule has 1 aliphatic heterocycles. The largest absolute Gasteiger partial charge is 0.345 e. The van der Waals surface area contributed by atoms with Crippen molar-refractivity contribution in [3.63, 3.8) is 0 Å². The molecule has 1 saturated heterocycles. The minimum absolute atomic E-state index is 0.0626. The summed E-state index contributed by atoms with van der Waals surface area (Å²) in [6, 6.07) is 5.38. The highest BCUT2D eigenvalue weighted by molar-refractivity contribution is 5.88. The monoisotopic (exact) mass is 251 g/mol. The summed E-state index contributed by atoms with van der Waals surface area (Å²) in [7, 11) is 0. The first kappa shape index (κ1) is 12.3. The van der Waals surface area contributed by atoms with Gasteiger partial charge in [0.25, 0.3) is 5.69 Å². The van der Waals surface area contributed by atoms with Crippen molar-refractivity contribution >= 4 is 17.4 Å². The van der Waals surface area contributed by atoms with Gasteiger partial charge < -0.3 is 5.32 Å². The lowest BCUT2D eigenvalue weighted by Gasteiger charge is -2.25. The quantitative estimate of drug-likeness (QED) is 0.644. The second-order valence-corrected chi connectivity index (χ2v) is 3.88. The Bertz CT molecular complexity index is 457. The van der Waals surface area contributed by atoms with Gasteiger partial charge in [-0.3, -0.25) is 15.0 Å². The maximum Gasteiger partial charge on any atom is 0.345 e. The van der Waals surface area contributed by atoms with Crippen molar-refractivity contribution in [3.05, 3.63) is 34.4 Å². The molecule has 0 aromatic heterocycles. The van der Waals surface area contributed by atoms with Gasteiger partial charge in [0.05, 0.1) is 18.1 Å². The summed E-state index contributed by atoms with van der Waals surface area (Å²) in [5, 5.41) is 14.4. The second-order valence-electron chi connectivity index (χ2n) is 3.88. The van der Waals surface area contributed by atoms with Crippen LogP contribution in [0.15, 0.2) is 24.3 Å². The highest BCUT2D eigenvalue weighted by Gasteiger charge is 2.18. The van der Waals surface area contributed by atoms with Gasteiger partial charge in [-0.2, -0.15) is 0 Å². The number of nitro groups is 1. The van der Waals surface area contributed by atoms with Crippen LogP contribution < -0.4 is 5.32 Å². The molecule has 0 atom stereocenters. The van der Waals surface area contributed by atoms with Gasteiger partial charge in [0.15, 0.2) is 0 Å². The van der Waals surface area contributed by atoms with E-state index < -0.39 is 11.0 Å².